The number of rotatable bonds is 4. The zero-order chi connectivity index (χ0) is 13.1. The summed E-state index contributed by atoms with van der Waals surface area (Å²) in [7, 11) is 3.31. The molecule has 7 heteroatoms. The molecular formula is C11H14N4O3. The van der Waals surface area contributed by atoms with Gasteiger partial charge in [-0.05, 0) is 0 Å². The molecule has 2 aliphatic heterocycles. The van der Waals surface area contributed by atoms with Gasteiger partial charge in [0.2, 0.25) is 0 Å². The Kier molecular flexibility index (Phi) is 3.42. The second kappa shape index (κ2) is 5.01. The Hall–Kier alpha value is -2.15. The number of hydrogen-bond donors (Lipinski definition) is 2. The van der Waals surface area contributed by atoms with Gasteiger partial charge in [0.15, 0.2) is 0 Å². The largest absolute Gasteiger partial charge is 0.383 e. The van der Waals surface area contributed by atoms with Crippen molar-refractivity contribution < 1.29 is 9.53 Å². The van der Waals surface area contributed by atoms with E-state index >= 15 is 0 Å². The first-order valence-corrected chi connectivity index (χ1v) is 5.45. The predicted molar refractivity (Wildman–Crippen MR) is 64.7 cm³/mol. The molecule has 0 saturated heterocycles. The van der Waals surface area contributed by atoms with Crippen LogP contribution in [0.15, 0.2) is 17.2 Å². The SMILES string of the molecule is COCCNC(=O)c1cn(C)cc2c(=O)[nH]nc1-2. The molecule has 0 aromatic heterocycles. The highest BCUT2D eigenvalue weighted by Gasteiger charge is 2.20. The van der Waals surface area contributed by atoms with Gasteiger partial charge in [-0.15, -0.1) is 0 Å². The molecule has 7 nitrogen and oxygen atoms in total. The molecule has 2 heterocycles. The van der Waals surface area contributed by atoms with Crippen LogP contribution >= 0.6 is 0 Å². The van der Waals surface area contributed by atoms with E-state index in [9.17, 15) is 9.59 Å². The molecule has 0 atom stereocenters. The molecule has 0 radical (unpaired) electrons. The average Bonchev–Trinajstić information content (AvgIpc) is 2.70. The normalized spacial score (nSPS) is 10.8. The van der Waals surface area contributed by atoms with Crippen LogP contribution in [0.25, 0.3) is 11.3 Å². The van der Waals surface area contributed by atoms with Crippen molar-refractivity contribution in [1.82, 2.24) is 20.1 Å². The van der Waals surface area contributed by atoms with Crippen LogP contribution in [0.3, 0.4) is 0 Å². The number of carbonyl (C=O) groups excluding carboxylic acids is 1. The van der Waals surface area contributed by atoms with Crippen molar-refractivity contribution in [2.45, 2.75) is 0 Å². The topological polar surface area (TPSA) is 89.0 Å². The third-order valence-electron chi connectivity index (χ3n) is 2.53. The second-order valence-electron chi connectivity index (χ2n) is 3.90. The quantitative estimate of drug-likeness (QED) is 0.722. The Morgan fingerprint density at radius 3 is 3.06 bits per heavy atom. The third-order valence-corrected chi connectivity index (χ3v) is 2.53. The molecule has 96 valence electrons. The maximum atomic E-state index is 12.0. The fraction of sp³-hybridized carbons (Fsp3) is 0.364. The van der Waals surface area contributed by atoms with Crippen LogP contribution in [0.1, 0.15) is 10.4 Å². The van der Waals surface area contributed by atoms with Crippen molar-refractivity contribution in [1.29, 1.82) is 0 Å². The summed E-state index contributed by atoms with van der Waals surface area (Å²) in [5.41, 5.74) is 0.849. The number of methoxy groups -OCH3 is 1. The highest BCUT2D eigenvalue weighted by Crippen LogP contribution is 2.18. The number of aromatic amines is 1. The van der Waals surface area contributed by atoms with Crippen LogP contribution in [0, 0.1) is 0 Å². The van der Waals surface area contributed by atoms with Gasteiger partial charge in [0.05, 0.1) is 17.7 Å². The van der Waals surface area contributed by atoms with Gasteiger partial charge < -0.3 is 14.6 Å². The molecule has 0 aliphatic carbocycles. The van der Waals surface area contributed by atoms with E-state index in [-0.39, 0.29) is 11.5 Å². The van der Waals surface area contributed by atoms with E-state index in [4.69, 9.17) is 4.74 Å². The number of hydrogen-bond acceptors (Lipinski definition) is 4. The van der Waals surface area contributed by atoms with E-state index in [1.807, 2.05) is 0 Å². The zero-order valence-electron chi connectivity index (χ0n) is 10.2. The summed E-state index contributed by atoms with van der Waals surface area (Å²) < 4.78 is 6.51. The lowest BCUT2D eigenvalue weighted by Crippen LogP contribution is -2.28. The van der Waals surface area contributed by atoms with Crippen molar-refractivity contribution in [3.05, 3.63) is 28.3 Å². The Morgan fingerprint density at radius 2 is 2.33 bits per heavy atom. The highest BCUT2D eigenvalue weighted by molar-refractivity contribution is 5.99. The molecule has 0 fully saturated rings. The molecule has 18 heavy (non-hydrogen) atoms. The molecule has 0 bridgehead atoms. The van der Waals surface area contributed by atoms with Crippen molar-refractivity contribution in [3.8, 4) is 11.3 Å². The summed E-state index contributed by atoms with van der Waals surface area (Å²) in [6.45, 7) is 0.839. The number of H-pyrrole nitrogens is 1. The number of carbonyl (C=O) groups is 1. The molecule has 0 aromatic carbocycles. The van der Waals surface area contributed by atoms with Crippen LogP contribution in [0.2, 0.25) is 0 Å². The summed E-state index contributed by atoms with van der Waals surface area (Å²) in [6, 6.07) is 0. The molecule has 2 rings (SSSR count). The van der Waals surface area contributed by atoms with Crippen LogP contribution < -0.4 is 10.9 Å². The van der Waals surface area contributed by atoms with E-state index in [1.54, 1.807) is 31.1 Å². The number of aromatic nitrogens is 3. The highest BCUT2D eigenvalue weighted by atomic mass is 16.5. The molecule has 1 amide bonds. The Labute approximate surface area is 103 Å². The number of fused-ring (bicyclic) bond motifs is 1. The van der Waals surface area contributed by atoms with Gasteiger partial charge in [-0.1, -0.05) is 0 Å². The van der Waals surface area contributed by atoms with Crippen molar-refractivity contribution >= 4 is 5.91 Å². The van der Waals surface area contributed by atoms with Gasteiger partial charge in [0.1, 0.15) is 5.69 Å². The maximum Gasteiger partial charge on any atom is 0.275 e. The summed E-state index contributed by atoms with van der Waals surface area (Å²) in [5.74, 6) is -0.278. The fourth-order valence-electron chi connectivity index (χ4n) is 1.69. The van der Waals surface area contributed by atoms with Gasteiger partial charge >= 0.3 is 0 Å². The van der Waals surface area contributed by atoms with E-state index < -0.39 is 0 Å². The van der Waals surface area contributed by atoms with Crippen LogP contribution in [-0.4, -0.2) is 40.9 Å². The summed E-state index contributed by atoms with van der Waals surface area (Å²) in [6.07, 6.45) is 3.26. The molecule has 0 spiro atoms. The molecule has 0 unspecified atom stereocenters. The van der Waals surface area contributed by atoms with E-state index in [2.05, 4.69) is 15.5 Å². The lowest BCUT2D eigenvalue weighted by Gasteiger charge is -2.09. The number of amides is 1. The minimum atomic E-state index is -0.299. The predicted octanol–water partition coefficient (Wildman–Crippen LogP) is -0.411. The smallest absolute Gasteiger partial charge is 0.275 e. The number of ether oxygens (including phenoxy) is 1. The van der Waals surface area contributed by atoms with Gasteiger partial charge in [-0.3, -0.25) is 9.59 Å². The van der Waals surface area contributed by atoms with E-state index in [0.29, 0.717) is 30.0 Å². The van der Waals surface area contributed by atoms with E-state index in [1.165, 1.54) is 0 Å². The van der Waals surface area contributed by atoms with Crippen molar-refractivity contribution in [2.24, 2.45) is 7.05 Å². The molecule has 2 N–H and O–H groups in total. The van der Waals surface area contributed by atoms with Gasteiger partial charge in [-0.25, -0.2) is 5.10 Å². The van der Waals surface area contributed by atoms with Crippen molar-refractivity contribution in [2.75, 3.05) is 20.3 Å². The number of aryl methyl sites for hydroxylation is 1. The van der Waals surface area contributed by atoms with Crippen LogP contribution in [0.4, 0.5) is 0 Å². The fourth-order valence-corrected chi connectivity index (χ4v) is 1.69. The standard InChI is InChI=1S/C11H14N4O3/c1-15-5-7(10(16)12-3-4-18-2)9-8(6-15)11(17)14-13-9/h5-6H,3-4H2,1-2H3,(H,12,16)(H,14,17). The summed E-state index contributed by atoms with van der Waals surface area (Å²) >= 11 is 0. The Balaban J connectivity index is 2.32. The third kappa shape index (κ3) is 2.25. The molecular weight excluding hydrogens is 236 g/mol. The summed E-state index contributed by atoms with van der Waals surface area (Å²) in [4.78, 5) is 23.4. The Bertz CT molecular complexity index is 587. The maximum absolute atomic E-state index is 12.0. The minimum Gasteiger partial charge on any atom is -0.383 e. The second-order valence-corrected chi connectivity index (χ2v) is 3.90. The first-order valence-electron chi connectivity index (χ1n) is 5.45. The van der Waals surface area contributed by atoms with Crippen LogP contribution in [0.5, 0.6) is 0 Å². The van der Waals surface area contributed by atoms with Crippen molar-refractivity contribution in [3.63, 3.8) is 0 Å². The minimum absolute atomic E-state index is 0.278. The van der Waals surface area contributed by atoms with Crippen LogP contribution in [-0.2, 0) is 11.8 Å². The first kappa shape index (κ1) is 12.3. The van der Waals surface area contributed by atoms with Gasteiger partial charge in [-0.2, -0.15) is 5.10 Å². The monoisotopic (exact) mass is 250 g/mol. The number of nitrogens with one attached hydrogen (secondary N) is 2. The van der Waals surface area contributed by atoms with Gasteiger partial charge in [0, 0.05) is 33.1 Å². The Morgan fingerprint density at radius 1 is 1.56 bits per heavy atom. The lowest BCUT2D eigenvalue weighted by atomic mass is 10.1. The molecule has 0 aromatic rings. The lowest BCUT2D eigenvalue weighted by molar-refractivity contribution is 0.0936. The zero-order valence-corrected chi connectivity index (χ0v) is 10.2. The van der Waals surface area contributed by atoms with E-state index in [0.717, 1.165) is 0 Å². The van der Waals surface area contributed by atoms with Gasteiger partial charge in [0.25, 0.3) is 11.5 Å². The molecule has 2 aliphatic rings. The average molecular weight is 250 g/mol. The molecule has 0 saturated carbocycles. The summed E-state index contributed by atoms with van der Waals surface area (Å²) in [5, 5.41) is 8.90. The number of pyridine rings is 1. The first-order chi connectivity index (χ1) is 8.63. The number of nitrogens with zero attached hydrogens (tertiary/aromatic N) is 2.